The molecule has 2 nitrogen and oxygen atoms in total. The number of carbonyl (C=O) groups is 1. The predicted molar refractivity (Wildman–Crippen MR) is 63.5 cm³/mol. The summed E-state index contributed by atoms with van der Waals surface area (Å²) in [6.45, 7) is 5.08. The molecule has 0 atom stereocenters. The van der Waals surface area contributed by atoms with Gasteiger partial charge in [-0.25, -0.2) is 4.79 Å². The Kier molecular flexibility index (Phi) is 7.05. The second-order valence-corrected chi connectivity index (χ2v) is 2.90. The average Bonchev–Trinajstić information content (AvgIpc) is 2.19. The van der Waals surface area contributed by atoms with Crippen LogP contribution in [-0.2, 0) is 9.53 Å². The molecule has 0 bridgehead atoms. The summed E-state index contributed by atoms with van der Waals surface area (Å²) in [5.41, 5.74) is 1.38. The van der Waals surface area contributed by atoms with Gasteiger partial charge in [0, 0.05) is 5.57 Å². The van der Waals surface area contributed by atoms with Gasteiger partial charge in [-0.2, -0.15) is 0 Å². The fourth-order valence-corrected chi connectivity index (χ4v) is 0.839. The summed E-state index contributed by atoms with van der Waals surface area (Å²) in [7, 11) is 0. The Bertz CT molecular complexity index is 355. The third kappa shape index (κ3) is 5.57. The van der Waals surface area contributed by atoms with Crippen LogP contribution < -0.4 is 0 Å². The Labute approximate surface area is 112 Å². The van der Waals surface area contributed by atoms with E-state index in [2.05, 4.69) is 6.58 Å². The molecule has 0 fully saturated rings. The molecule has 0 saturated heterocycles. The molecule has 74 valence electrons. The Morgan fingerprint density at radius 3 is 2.47 bits per heavy atom. The molecule has 0 amide bonds. The number of hydrogen-bond donors (Lipinski definition) is 0. The second kappa shape index (κ2) is 7.46. The van der Waals surface area contributed by atoms with Crippen molar-refractivity contribution >= 4 is 41.6 Å². The van der Waals surface area contributed by atoms with E-state index in [1.165, 1.54) is 6.26 Å². The molecule has 15 heavy (non-hydrogen) atoms. The van der Waals surface area contributed by atoms with E-state index < -0.39 is 5.97 Å². The Hall–Kier alpha value is -0.830. The molecule has 0 aromatic heterocycles. The molecule has 3 heteroatoms. The van der Waals surface area contributed by atoms with Crippen LogP contribution in [0.1, 0.15) is 12.5 Å². The SMILES string of the molecule is C=C(C)C(=O)OC=Cc1ccccc1.[NaH]. The van der Waals surface area contributed by atoms with E-state index in [1.807, 2.05) is 30.3 Å². The molecule has 0 aliphatic heterocycles. The maximum absolute atomic E-state index is 11.0. The zero-order valence-corrected chi connectivity index (χ0v) is 8.07. The third-order valence-electron chi connectivity index (χ3n) is 1.58. The van der Waals surface area contributed by atoms with Crippen LogP contribution in [0.5, 0.6) is 0 Å². The summed E-state index contributed by atoms with van der Waals surface area (Å²) >= 11 is 0. The Morgan fingerprint density at radius 2 is 1.93 bits per heavy atom. The van der Waals surface area contributed by atoms with E-state index >= 15 is 0 Å². The van der Waals surface area contributed by atoms with Crippen LogP contribution >= 0.6 is 0 Å². The first-order valence-electron chi connectivity index (χ1n) is 4.28. The third-order valence-corrected chi connectivity index (χ3v) is 1.58. The van der Waals surface area contributed by atoms with Gasteiger partial charge in [0.25, 0.3) is 0 Å². The number of rotatable bonds is 3. The van der Waals surface area contributed by atoms with Gasteiger partial charge in [-0.15, -0.1) is 0 Å². The Morgan fingerprint density at radius 1 is 1.33 bits per heavy atom. The van der Waals surface area contributed by atoms with E-state index in [0.29, 0.717) is 5.57 Å². The number of carbonyl (C=O) groups excluding carboxylic acids is 1. The van der Waals surface area contributed by atoms with Crippen molar-refractivity contribution in [3.63, 3.8) is 0 Å². The molecular formula is C12H13NaO2. The zero-order valence-electron chi connectivity index (χ0n) is 8.07. The van der Waals surface area contributed by atoms with E-state index in [-0.39, 0.29) is 29.6 Å². The van der Waals surface area contributed by atoms with Crippen molar-refractivity contribution in [2.24, 2.45) is 0 Å². The van der Waals surface area contributed by atoms with Crippen LogP contribution in [0.25, 0.3) is 6.08 Å². The normalized spacial score (nSPS) is 9.40. The van der Waals surface area contributed by atoms with Crippen molar-refractivity contribution in [1.29, 1.82) is 0 Å². The zero-order chi connectivity index (χ0) is 10.4. The first-order valence-corrected chi connectivity index (χ1v) is 4.28. The topological polar surface area (TPSA) is 26.3 Å². The quantitative estimate of drug-likeness (QED) is 0.332. The van der Waals surface area contributed by atoms with Gasteiger partial charge in [0.15, 0.2) is 0 Å². The van der Waals surface area contributed by atoms with Crippen LogP contribution in [0.4, 0.5) is 0 Å². The van der Waals surface area contributed by atoms with Crippen molar-refractivity contribution in [1.82, 2.24) is 0 Å². The van der Waals surface area contributed by atoms with Crippen molar-refractivity contribution in [2.75, 3.05) is 0 Å². The van der Waals surface area contributed by atoms with Crippen molar-refractivity contribution < 1.29 is 9.53 Å². The van der Waals surface area contributed by atoms with E-state index in [0.717, 1.165) is 5.56 Å². The summed E-state index contributed by atoms with van der Waals surface area (Å²) < 4.78 is 4.79. The van der Waals surface area contributed by atoms with E-state index in [1.54, 1.807) is 13.0 Å². The van der Waals surface area contributed by atoms with E-state index in [4.69, 9.17) is 4.74 Å². The molecular weight excluding hydrogens is 199 g/mol. The molecule has 0 aliphatic rings. The van der Waals surface area contributed by atoms with Gasteiger partial charge < -0.3 is 4.74 Å². The molecule has 0 N–H and O–H groups in total. The van der Waals surface area contributed by atoms with Gasteiger partial charge >= 0.3 is 35.5 Å². The van der Waals surface area contributed by atoms with Crippen molar-refractivity contribution in [3.05, 3.63) is 54.3 Å². The maximum atomic E-state index is 11.0. The van der Waals surface area contributed by atoms with Crippen molar-refractivity contribution in [3.8, 4) is 0 Å². The number of esters is 1. The fourth-order valence-electron chi connectivity index (χ4n) is 0.839. The molecule has 1 aromatic rings. The molecule has 0 saturated carbocycles. The first-order chi connectivity index (χ1) is 6.70. The van der Waals surface area contributed by atoms with Gasteiger partial charge in [-0.05, 0) is 18.6 Å². The minimum absolute atomic E-state index is 0. The van der Waals surface area contributed by atoms with Gasteiger partial charge in [0.1, 0.15) is 0 Å². The standard InChI is InChI=1S/C12H12O2.Na.H/c1-10(2)12(13)14-9-8-11-6-4-3-5-7-11;;/h3-9H,1H2,2H3;;. The second-order valence-electron chi connectivity index (χ2n) is 2.90. The summed E-state index contributed by atoms with van der Waals surface area (Å²) in [6.07, 6.45) is 3.09. The summed E-state index contributed by atoms with van der Waals surface area (Å²) in [6, 6.07) is 9.61. The molecule has 0 unspecified atom stereocenters. The van der Waals surface area contributed by atoms with Crippen LogP contribution in [0.15, 0.2) is 48.7 Å². The van der Waals surface area contributed by atoms with E-state index in [9.17, 15) is 4.79 Å². The van der Waals surface area contributed by atoms with Crippen LogP contribution in [0, 0.1) is 0 Å². The number of hydrogen-bond acceptors (Lipinski definition) is 2. The van der Waals surface area contributed by atoms with Crippen LogP contribution in [0.2, 0.25) is 0 Å². The van der Waals surface area contributed by atoms with Crippen LogP contribution in [-0.4, -0.2) is 35.5 Å². The Balaban J connectivity index is 0.00000196. The van der Waals surface area contributed by atoms with Crippen molar-refractivity contribution in [2.45, 2.75) is 6.92 Å². The van der Waals surface area contributed by atoms with Gasteiger partial charge in [-0.3, -0.25) is 0 Å². The average molecular weight is 212 g/mol. The molecule has 1 aromatic carbocycles. The first kappa shape index (κ1) is 14.2. The predicted octanol–water partition coefficient (Wildman–Crippen LogP) is 2.13. The molecule has 0 radical (unpaired) electrons. The van der Waals surface area contributed by atoms with Gasteiger partial charge in [0.2, 0.25) is 0 Å². The van der Waals surface area contributed by atoms with Crippen LogP contribution in [0.3, 0.4) is 0 Å². The van der Waals surface area contributed by atoms with Gasteiger partial charge in [0.05, 0.1) is 6.26 Å². The molecule has 0 spiro atoms. The molecule has 1 rings (SSSR count). The summed E-state index contributed by atoms with van der Waals surface area (Å²) in [5, 5.41) is 0. The number of ether oxygens (including phenoxy) is 1. The van der Waals surface area contributed by atoms with Gasteiger partial charge in [-0.1, -0.05) is 36.9 Å². The summed E-state index contributed by atoms with van der Waals surface area (Å²) in [5.74, 6) is -0.405. The fraction of sp³-hybridized carbons (Fsp3) is 0.0833. The monoisotopic (exact) mass is 212 g/mol. The summed E-state index contributed by atoms with van der Waals surface area (Å²) in [4.78, 5) is 11.0. The minimum atomic E-state index is -0.405. The number of benzene rings is 1. The molecule has 0 heterocycles. The molecule has 0 aliphatic carbocycles.